The number of carbonyl (C=O) groups excluding carboxylic acids is 2. The van der Waals surface area contributed by atoms with Gasteiger partial charge in [0.1, 0.15) is 4.83 Å². The van der Waals surface area contributed by atoms with Crippen molar-refractivity contribution < 1.29 is 9.59 Å². The lowest BCUT2D eigenvalue weighted by Crippen LogP contribution is -1.85. The van der Waals surface area contributed by atoms with Gasteiger partial charge >= 0.3 is 0 Å². The highest BCUT2D eigenvalue weighted by atomic mass is 32.1. The van der Waals surface area contributed by atoms with Gasteiger partial charge < -0.3 is 4.98 Å². The first-order valence-electron chi connectivity index (χ1n) is 3.78. The normalized spacial score (nSPS) is 10.5. The molecule has 0 bridgehead atoms. The number of carbonyl (C=O) groups is 2. The minimum absolute atomic E-state index is 0.372. The first kappa shape index (κ1) is 8.19. The Morgan fingerprint density at radius 2 is 2.15 bits per heavy atom. The van der Waals surface area contributed by atoms with Crippen LogP contribution in [0.5, 0.6) is 0 Å². The van der Waals surface area contributed by atoms with Crippen LogP contribution in [-0.4, -0.2) is 17.6 Å². The standard InChI is InChI=1S/C9H7NO2S/c1-5-2-6-7(3-11)8(4-12)10-9(6)13-5/h2-4,10H,1H3. The number of aromatic nitrogens is 1. The monoisotopic (exact) mass is 193 g/mol. The van der Waals surface area contributed by atoms with Gasteiger partial charge in [-0.25, -0.2) is 0 Å². The molecule has 66 valence electrons. The van der Waals surface area contributed by atoms with Gasteiger partial charge in [0, 0.05) is 10.3 Å². The van der Waals surface area contributed by atoms with Crippen molar-refractivity contribution >= 4 is 34.1 Å². The van der Waals surface area contributed by atoms with Crippen LogP contribution < -0.4 is 0 Å². The lowest BCUT2D eigenvalue weighted by atomic mass is 10.2. The van der Waals surface area contributed by atoms with Crippen molar-refractivity contribution in [1.82, 2.24) is 4.98 Å². The van der Waals surface area contributed by atoms with E-state index >= 15 is 0 Å². The predicted molar refractivity (Wildman–Crippen MR) is 51.7 cm³/mol. The molecule has 0 unspecified atom stereocenters. The van der Waals surface area contributed by atoms with Crippen LogP contribution in [0.1, 0.15) is 25.7 Å². The van der Waals surface area contributed by atoms with Crippen molar-refractivity contribution in [3.8, 4) is 0 Å². The highest BCUT2D eigenvalue weighted by Crippen LogP contribution is 2.28. The Balaban J connectivity index is 2.84. The minimum atomic E-state index is 0.372. The summed E-state index contributed by atoms with van der Waals surface area (Å²) in [6, 6.07) is 1.91. The van der Waals surface area contributed by atoms with Gasteiger partial charge in [-0.3, -0.25) is 9.59 Å². The highest BCUT2D eigenvalue weighted by Gasteiger charge is 2.11. The smallest absolute Gasteiger partial charge is 0.167 e. The molecule has 0 aromatic carbocycles. The minimum Gasteiger partial charge on any atom is -0.343 e. The molecule has 4 heteroatoms. The summed E-state index contributed by atoms with van der Waals surface area (Å²) in [7, 11) is 0. The molecule has 0 atom stereocenters. The zero-order valence-corrected chi connectivity index (χ0v) is 7.77. The first-order valence-corrected chi connectivity index (χ1v) is 4.60. The number of nitrogens with one attached hydrogen (secondary N) is 1. The van der Waals surface area contributed by atoms with Crippen LogP contribution in [0.25, 0.3) is 10.2 Å². The van der Waals surface area contributed by atoms with E-state index in [1.165, 1.54) is 0 Å². The topological polar surface area (TPSA) is 49.9 Å². The van der Waals surface area contributed by atoms with Crippen LogP contribution in [0.15, 0.2) is 6.07 Å². The molecular formula is C9H7NO2S. The van der Waals surface area contributed by atoms with Crippen LogP contribution in [-0.2, 0) is 0 Å². The van der Waals surface area contributed by atoms with Crippen LogP contribution in [0.3, 0.4) is 0 Å². The second-order valence-electron chi connectivity index (χ2n) is 2.79. The average Bonchev–Trinajstić information content (AvgIpc) is 2.59. The summed E-state index contributed by atoms with van der Waals surface area (Å²) in [6.07, 6.45) is 1.39. The highest BCUT2D eigenvalue weighted by molar-refractivity contribution is 7.18. The number of fused-ring (bicyclic) bond motifs is 1. The average molecular weight is 193 g/mol. The largest absolute Gasteiger partial charge is 0.343 e. The molecule has 2 aromatic rings. The van der Waals surface area contributed by atoms with E-state index in [1.54, 1.807) is 11.3 Å². The number of hydrogen-bond donors (Lipinski definition) is 1. The quantitative estimate of drug-likeness (QED) is 0.743. The first-order chi connectivity index (χ1) is 6.26. The zero-order chi connectivity index (χ0) is 9.42. The SMILES string of the molecule is Cc1cc2c(C=O)c(C=O)[nH]c2s1. The third kappa shape index (κ3) is 1.10. The molecule has 0 aliphatic carbocycles. The van der Waals surface area contributed by atoms with Crippen LogP contribution >= 0.6 is 11.3 Å². The maximum absolute atomic E-state index is 10.7. The summed E-state index contributed by atoms with van der Waals surface area (Å²) >= 11 is 1.54. The molecule has 0 spiro atoms. The third-order valence-corrected chi connectivity index (χ3v) is 2.89. The van der Waals surface area contributed by atoms with Crippen molar-refractivity contribution in [3.05, 3.63) is 22.2 Å². The number of hydrogen-bond acceptors (Lipinski definition) is 3. The van der Waals surface area contributed by atoms with Gasteiger partial charge in [0.25, 0.3) is 0 Å². The molecule has 0 saturated heterocycles. The Hall–Kier alpha value is -1.42. The molecular weight excluding hydrogens is 186 g/mol. The summed E-state index contributed by atoms with van der Waals surface area (Å²) in [5, 5.41) is 0.847. The lowest BCUT2D eigenvalue weighted by Gasteiger charge is -1.84. The number of aldehydes is 2. The molecule has 2 aromatic heterocycles. The fraction of sp³-hybridized carbons (Fsp3) is 0.111. The van der Waals surface area contributed by atoms with Crippen LogP contribution in [0.4, 0.5) is 0 Å². The van der Waals surface area contributed by atoms with E-state index in [4.69, 9.17) is 0 Å². The number of thiophene rings is 1. The maximum atomic E-state index is 10.7. The molecule has 0 fully saturated rings. The third-order valence-electron chi connectivity index (χ3n) is 1.92. The molecule has 0 saturated carbocycles. The van der Waals surface area contributed by atoms with E-state index in [0.717, 1.165) is 15.1 Å². The van der Waals surface area contributed by atoms with E-state index in [2.05, 4.69) is 4.98 Å². The second-order valence-corrected chi connectivity index (χ2v) is 4.04. The second kappa shape index (κ2) is 2.81. The van der Waals surface area contributed by atoms with E-state index in [0.29, 0.717) is 23.8 Å². The Labute approximate surface area is 78.4 Å². The maximum Gasteiger partial charge on any atom is 0.167 e. The van der Waals surface area contributed by atoms with Crippen molar-refractivity contribution in [2.24, 2.45) is 0 Å². The number of H-pyrrole nitrogens is 1. The number of aryl methyl sites for hydroxylation is 1. The van der Waals surface area contributed by atoms with Crippen LogP contribution in [0.2, 0.25) is 0 Å². The van der Waals surface area contributed by atoms with Gasteiger partial charge in [0.2, 0.25) is 0 Å². The Morgan fingerprint density at radius 1 is 1.38 bits per heavy atom. The molecule has 1 N–H and O–H groups in total. The molecule has 0 amide bonds. The summed E-state index contributed by atoms with van der Waals surface area (Å²) in [5.41, 5.74) is 0.839. The van der Waals surface area contributed by atoms with Gasteiger partial charge in [-0.1, -0.05) is 0 Å². The van der Waals surface area contributed by atoms with Gasteiger partial charge in [-0.15, -0.1) is 11.3 Å². The lowest BCUT2D eigenvalue weighted by molar-refractivity contribution is 0.109. The fourth-order valence-electron chi connectivity index (χ4n) is 1.36. The Bertz CT molecular complexity index is 481. The zero-order valence-electron chi connectivity index (χ0n) is 6.96. The molecule has 3 nitrogen and oxygen atoms in total. The predicted octanol–water partition coefficient (Wildman–Crippen LogP) is 2.16. The number of aromatic amines is 1. The van der Waals surface area contributed by atoms with E-state index < -0.39 is 0 Å². The van der Waals surface area contributed by atoms with Gasteiger partial charge in [0.15, 0.2) is 12.6 Å². The van der Waals surface area contributed by atoms with Crippen molar-refractivity contribution in [2.75, 3.05) is 0 Å². The van der Waals surface area contributed by atoms with Gasteiger partial charge in [-0.2, -0.15) is 0 Å². The van der Waals surface area contributed by atoms with Crippen LogP contribution in [0, 0.1) is 6.92 Å². The summed E-state index contributed by atoms with van der Waals surface area (Å²) in [4.78, 5) is 26.2. The van der Waals surface area contributed by atoms with E-state index in [9.17, 15) is 9.59 Å². The summed E-state index contributed by atoms with van der Waals surface area (Å²) in [6.45, 7) is 1.97. The van der Waals surface area contributed by atoms with Gasteiger partial charge in [0.05, 0.1) is 11.3 Å². The fourth-order valence-corrected chi connectivity index (χ4v) is 2.30. The molecule has 2 rings (SSSR count). The molecule has 0 radical (unpaired) electrons. The molecule has 0 aliphatic heterocycles. The Kier molecular flexibility index (Phi) is 1.77. The Morgan fingerprint density at radius 3 is 2.77 bits per heavy atom. The van der Waals surface area contributed by atoms with Gasteiger partial charge in [-0.05, 0) is 13.0 Å². The van der Waals surface area contributed by atoms with E-state index in [-0.39, 0.29) is 0 Å². The summed E-state index contributed by atoms with van der Waals surface area (Å²) < 4.78 is 0. The molecule has 0 aliphatic rings. The summed E-state index contributed by atoms with van der Waals surface area (Å²) in [5.74, 6) is 0. The molecule has 2 heterocycles. The van der Waals surface area contributed by atoms with Crippen molar-refractivity contribution in [2.45, 2.75) is 6.92 Å². The van der Waals surface area contributed by atoms with Crippen molar-refractivity contribution in [3.63, 3.8) is 0 Å². The van der Waals surface area contributed by atoms with Crippen molar-refractivity contribution in [1.29, 1.82) is 0 Å². The number of rotatable bonds is 2. The van der Waals surface area contributed by atoms with E-state index in [1.807, 2.05) is 13.0 Å². The molecule has 13 heavy (non-hydrogen) atoms.